The zero-order valence-corrected chi connectivity index (χ0v) is 28.3. The van der Waals surface area contributed by atoms with Gasteiger partial charge in [-0.15, -0.1) is 0 Å². The van der Waals surface area contributed by atoms with E-state index < -0.39 is 0 Å². The normalized spacial score (nSPS) is 11.2. The van der Waals surface area contributed by atoms with Gasteiger partial charge in [-0.1, -0.05) is 30.3 Å². The highest BCUT2D eigenvalue weighted by Gasteiger charge is 2.26. The van der Waals surface area contributed by atoms with Crippen molar-refractivity contribution in [3.05, 3.63) is 115 Å². The molecule has 0 fully saturated rings. The van der Waals surface area contributed by atoms with Crippen LogP contribution >= 0.6 is 0 Å². The third kappa shape index (κ3) is 7.96. The molecular formula is C38H45N9O. The number of para-hydroxylation sites is 2. The van der Waals surface area contributed by atoms with E-state index in [0.29, 0.717) is 52.9 Å². The predicted molar refractivity (Wildman–Crippen MR) is 197 cm³/mol. The Morgan fingerprint density at radius 3 is 1.62 bits per heavy atom. The van der Waals surface area contributed by atoms with Crippen LogP contribution in [0.5, 0.6) is 0 Å². The molecule has 2 aromatic carbocycles. The summed E-state index contributed by atoms with van der Waals surface area (Å²) in [6, 6.07) is 26.6. The van der Waals surface area contributed by atoms with Gasteiger partial charge in [-0.2, -0.15) is 0 Å². The average molecular weight is 644 g/mol. The van der Waals surface area contributed by atoms with E-state index in [1.807, 2.05) is 97.9 Å². The highest BCUT2D eigenvalue weighted by atomic mass is 16.1. The number of nitrogens with zero attached hydrogens (tertiary/aromatic N) is 7. The van der Waals surface area contributed by atoms with Gasteiger partial charge >= 0.3 is 0 Å². The lowest BCUT2D eigenvalue weighted by atomic mass is 9.95. The molecule has 10 nitrogen and oxygen atoms in total. The lowest BCUT2D eigenvalue weighted by Crippen LogP contribution is -2.26. The van der Waals surface area contributed by atoms with Crippen LogP contribution in [0.2, 0.25) is 0 Å². The highest BCUT2D eigenvalue weighted by molar-refractivity contribution is 6.16. The van der Waals surface area contributed by atoms with Gasteiger partial charge in [0, 0.05) is 48.4 Å². The van der Waals surface area contributed by atoms with Crippen LogP contribution in [0.15, 0.2) is 104 Å². The number of rotatable bonds is 15. The smallest absolute Gasteiger partial charge is 0.197 e. The highest BCUT2D eigenvalue weighted by Crippen LogP contribution is 2.39. The van der Waals surface area contributed by atoms with Crippen molar-refractivity contribution < 1.29 is 4.79 Å². The van der Waals surface area contributed by atoms with Crippen molar-refractivity contribution >= 4 is 40.2 Å². The van der Waals surface area contributed by atoms with Crippen molar-refractivity contribution in [2.24, 2.45) is 0 Å². The number of benzene rings is 2. The van der Waals surface area contributed by atoms with E-state index in [9.17, 15) is 4.79 Å². The molecule has 10 heteroatoms. The third-order valence-corrected chi connectivity index (χ3v) is 8.06. The summed E-state index contributed by atoms with van der Waals surface area (Å²) < 4.78 is 0. The maximum Gasteiger partial charge on any atom is 0.197 e. The second-order valence-corrected chi connectivity index (χ2v) is 12.2. The second kappa shape index (κ2) is 16.0. The number of carbonyl (C=O) groups is 1. The average Bonchev–Trinajstić information content (AvgIpc) is 3.09. The van der Waals surface area contributed by atoms with E-state index in [4.69, 9.17) is 16.5 Å². The minimum Gasteiger partial charge on any atom is -0.396 e. The molecule has 3 heterocycles. The summed E-state index contributed by atoms with van der Waals surface area (Å²) in [7, 11) is 8.21. The van der Waals surface area contributed by atoms with Gasteiger partial charge in [0.25, 0.3) is 0 Å². The molecule has 0 radical (unpaired) electrons. The fraction of sp³-hybridized carbons (Fsp3) is 0.263. The molecule has 0 aliphatic carbocycles. The van der Waals surface area contributed by atoms with E-state index in [1.165, 1.54) is 0 Å². The Kier molecular flexibility index (Phi) is 11.3. The van der Waals surface area contributed by atoms with Crippen LogP contribution in [0.25, 0.3) is 11.3 Å². The first-order valence-corrected chi connectivity index (χ1v) is 16.2. The number of aromatic nitrogens is 3. The molecule has 0 saturated carbocycles. The van der Waals surface area contributed by atoms with Gasteiger partial charge in [0.05, 0.1) is 28.4 Å². The largest absolute Gasteiger partial charge is 0.396 e. The molecule has 5 rings (SSSR count). The van der Waals surface area contributed by atoms with Gasteiger partial charge in [0.1, 0.15) is 0 Å². The zero-order valence-electron chi connectivity index (χ0n) is 28.3. The summed E-state index contributed by atoms with van der Waals surface area (Å²) in [6.07, 6.45) is 6.92. The van der Waals surface area contributed by atoms with Crippen LogP contribution in [0.1, 0.15) is 28.8 Å². The minimum atomic E-state index is -0.146. The van der Waals surface area contributed by atoms with Gasteiger partial charge in [-0.3, -0.25) is 9.78 Å². The second-order valence-electron chi connectivity index (χ2n) is 12.2. The predicted octanol–water partition coefficient (Wildman–Crippen LogP) is 6.11. The van der Waals surface area contributed by atoms with Crippen molar-refractivity contribution in [3.63, 3.8) is 0 Å². The first-order chi connectivity index (χ1) is 23.3. The number of hydrogen-bond donors (Lipinski definition) is 2. The minimum absolute atomic E-state index is 0.146. The molecule has 248 valence electrons. The summed E-state index contributed by atoms with van der Waals surface area (Å²) >= 11 is 0. The summed E-state index contributed by atoms with van der Waals surface area (Å²) in [5.74, 6) is 1.14. The number of carbonyl (C=O) groups excluding carboxylic acids is 1. The van der Waals surface area contributed by atoms with E-state index in [0.717, 1.165) is 42.9 Å². The third-order valence-electron chi connectivity index (χ3n) is 8.06. The maximum absolute atomic E-state index is 14.7. The molecule has 0 amide bonds. The van der Waals surface area contributed by atoms with Crippen molar-refractivity contribution in [1.29, 1.82) is 0 Å². The van der Waals surface area contributed by atoms with E-state index >= 15 is 0 Å². The summed E-state index contributed by atoms with van der Waals surface area (Å²) in [5, 5.41) is 0. The number of nitrogens with two attached hydrogens (primary N) is 2. The Balaban J connectivity index is 1.60. The monoisotopic (exact) mass is 643 g/mol. The number of hydrogen-bond acceptors (Lipinski definition) is 10. The lowest BCUT2D eigenvalue weighted by molar-refractivity contribution is 0.103. The van der Waals surface area contributed by atoms with Crippen molar-refractivity contribution in [1.82, 2.24) is 24.8 Å². The topological polar surface area (TPSA) is 121 Å². The van der Waals surface area contributed by atoms with Gasteiger partial charge < -0.3 is 31.1 Å². The van der Waals surface area contributed by atoms with Gasteiger partial charge in [-0.05, 0) is 109 Å². The lowest BCUT2D eigenvalue weighted by Gasteiger charge is -2.28. The molecule has 0 bridgehead atoms. The maximum atomic E-state index is 14.7. The zero-order chi connectivity index (χ0) is 34.0. The van der Waals surface area contributed by atoms with Gasteiger partial charge in [-0.25, -0.2) is 9.97 Å². The van der Waals surface area contributed by atoms with Crippen LogP contribution in [-0.2, 0) is 0 Å². The Morgan fingerprint density at radius 2 is 1.04 bits per heavy atom. The Hall–Kier alpha value is -5.32. The van der Waals surface area contributed by atoms with E-state index in [2.05, 4.69) is 38.8 Å². The van der Waals surface area contributed by atoms with Gasteiger partial charge in [0.15, 0.2) is 17.4 Å². The van der Waals surface area contributed by atoms with Crippen LogP contribution in [0.3, 0.4) is 0 Å². The Morgan fingerprint density at radius 1 is 0.562 bits per heavy atom. The number of nitrogen functional groups attached to an aromatic ring is 2. The molecular weight excluding hydrogens is 598 g/mol. The molecule has 4 N–H and O–H groups in total. The molecule has 0 saturated heterocycles. The molecule has 0 aliphatic rings. The molecule has 0 aliphatic heterocycles. The molecule has 0 spiro atoms. The summed E-state index contributed by atoms with van der Waals surface area (Å²) in [6.45, 7) is 3.05. The SMILES string of the molecule is CN(C)CCCN(c1ccccc1C(=O)c1cccnc1-c1ccccc1N(CCCN(C)C)c1ncccc1N)c1ncccc1N. The Bertz CT molecular complexity index is 1820. The number of anilines is 6. The molecule has 0 atom stereocenters. The molecule has 5 aromatic rings. The Labute approximate surface area is 283 Å². The van der Waals surface area contributed by atoms with Crippen LogP contribution in [0.4, 0.5) is 34.4 Å². The molecule has 48 heavy (non-hydrogen) atoms. The summed E-state index contributed by atoms with van der Waals surface area (Å²) in [5.41, 5.74) is 18.1. The van der Waals surface area contributed by atoms with E-state index in [-0.39, 0.29) is 5.78 Å². The van der Waals surface area contributed by atoms with Crippen molar-refractivity contribution in [2.75, 3.05) is 75.6 Å². The quantitative estimate of drug-likeness (QED) is 0.129. The molecule has 3 aromatic heterocycles. The van der Waals surface area contributed by atoms with Crippen molar-refractivity contribution in [3.8, 4) is 11.3 Å². The fourth-order valence-corrected chi connectivity index (χ4v) is 5.80. The van der Waals surface area contributed by atoms with E-state index in [1.54, 1.807) is 24.7 Å². The standard InChI is InChI=1S/C38H45N9O/c1-44(2)24-12-26-46(37-31(39)17-10-22-42-37)33-19-7-5-14-28(33)35-30(16-9-21-41-35)36(48)29-15-6-8-20-34(29)47(27-13-25-45(3)4)38-32(40)18-11-23-43-38/h5-11,14-23H,12-13,24-27,39-40H2,1-4H3. The first kappa shape index (κ1) is 34.0. The van der Waals surface area contributed by atoms with Crippen LogP contribution in [0, 0.1) is 0 Å². The summed E-state index contributed by atoms with van der Waals surface area (Å²) in [4.78, 5) is 37.3. The van der Waals surface area contributed by atoms with Crippen LogP contribution < -0.4 is 21.3 Å². The molecule has 0 unspecified atom stereocenters. The number of pyridine rings is 3. The van der Waals surface area contributed by atoms with Gasteiger partial charge in [0.2, 0.25) is 0 Å². The first-order valence-electron chi connectivity index (χ1n) is 16.2. The van der Waals surface area contributed by atoms with Crippen molar-refractivity contribution in [2.45, 2.75) is 12.8 Å². The van der Waals surface area contributed by atoms with Crippen LogP contribution in [-0.4, -0.2) is 84.9 Å². The number of ketones is 1. The fourth-order valence-electron chi connectivity index (χ4n) is 5.80.